The highest BCUT2D eigenvalue weighted by Crippen LogP contribution is 2.40. The molecule has 4 rings (SSSR count). The summed E-state index contributed by atoms with van der Waals surface area (Å²) in [4.78, 5) is 28.8. The molecule has 0 aliphatic carbocycles. The second kappa shape index (κ2) is 13.8. The van der Waals surface area contributed by atoms with Crippen LogP contribution < -0.4 is 9.47 Å². The third kappa shape index (κ3) is 6.77. The van der Waals surface area contributed by atoms with Crippen LogP contribution in [0.5, 0.6) is 11.5 Å². The van der Waals surface area contributed by atoms with E-state index in [1.54, 1.807) is 26.0 Å². The fourth-order valence-corrected chi connectivity index (χ4v) is 4.68. The average Bonchev–Trinajstić information content (AvgIpc) is 2.98. The van der Waals surface area contributed by atoms with Crippen LogP contribution in [-0.2, 0) is 43.4 Å². The van der Waals surface area contributed by atoms with Crippen LogP contribution in [-0.4, -0.2) is 56.9 Å². The Morgan fingerprint density at radius 3 is 2.33 bits per heavy atom. The Hall–Kier alpha value is -3.88. The molecule has 0 fully saturated rings. The van der Waals surface area contributed by atoms with E-state index in [0.717, 1.165) is 16.7 Å². The van der Waals surface area contributed by atoms with E-state index in [-0.39, 0.29) is 32.1 Å². The maximum atomic E-state index is 14.0. The predicted molar refractivity (Wildman–Crippen MR) is 145 cm³/mol. The molecule has 0 aromatic heterocycles. The molecule has 39 heavy (non-hydrogen) atoms. The van der Waals surface area contributed by atoms with Crippen LogP contribution in [0.3, 0.4) is 0 Å². The second-order valence-electron chi connectivity index (χ2n) is 9.10. The maximum absolute atomic E-state index is 14.0. The van der Waals surface area contributed by atoms with E-state index in [1.165, 1.54) is 0 Å². The van der Waals surface area contributed by atoms with Crippen LogP contribution in [0.15, 0.2) is 72.8 Å². The quantitative estimate of drug-likeness (QED) is 0.251. The number of methoxy groups -OCH3 is 2. The fourth-order valence-electron chi connectivity index (χ4n) is 4.68. The Bertz CT molecular complexity index is 1230. The monoisotopic (exact) mass is 533 g/mol. The van der Waals surface area contributed by atoms with Crippen molar-refractivity contribution in [2.24, 2.45) is 0 Å². The minimum atomic E-state index is -0.896. The van der Waals surface area contributed by atoms with Crippen molar-refractivity contribution in [3.63, 3.8) is 0 Å². The Morgan fingerprint density at radius 1 is 0.949 bits per heavy atom. The van der Waals surface area contributed by atoms with Gasteiger partial charge in [-0.15, -0.1) is 0 Å². The molecular weight excluding hydrogens is 498 g/mol. The van der Waals surface area contributed by atoms with Gasteiger partial charge in [-0.05, 0) is 29.7 Å². The molecule has 0 bridgehead atoms. The zero-order chi connectivity index (χ0) is 27.6. The van der Waals surface area contributed by atoms with Crippen molar-refractivity contribution < 1.29 is 33.3 Å². The highest BCUT2D eigenvalue weighted by Gasteiger charge is 2.40. The van der Waals surface area contributed by atoms with E-state index in [2.05, 4.69) is 0 Å². The summed E-state index contributed by atoms with van der Waals surface area (Å²) in [5, 5.41) is 0. The minimum absolute atomic E-state index is 0.195. The first-order chi connectivity index (χ1) is 19.1. The van der Waals surface area contributed by atoms with Gasteiger partial charge < -0.3 is 28.6 Å². The van der Waals surface area contributed by atoms with Gasteiger partial charge >= 0.3 is 5.97 Å². The number of nitrogens with zero attached hydrogens (tertiary/aromatic N) is 1. The van der Waals surface area contributed by atoms with E-state index >= 15 is 0 Å². The van der Waals surface area contributed by atoms with E-state index < -0.39 is 18.1 Å². The van der Waals surface area contributed by atoms with Crippen molar-refractivity contribution in [3.8, 4) is 11.5 Å². The van der Waals surface area contributed by atoms with Gasteiger partial charge in [0, 0.05) is 25.6 Å². The Kier molecular flexibility index (Phi) is 9.94. The first-order valence-electron chi connectivity index (χ1n) is 13.0. The van der Waals surface area contributed by atoms with E-state index in [0.29, 0.717) is 30.3 Å². The van der Waals surface area contributed by atoms with Gasteiger partial charge in [0.1, 0.15) is 12.6 Å². The lowest BCUT2D eigenvalue weighted by atomic mass is 9.91. The number of hydrogen-bond acceptors (Lipinski definition) is 7. The number of esters is 1. The zero-order valence-electron chi connectivity index (χ0n) is 22.6. The number of hydrogen-bond donors (Lipinski definition) is 0. The number of ether oxygens (including phenoxy) is 5. The van der Waals surface area contributed by atoms with Crippen molar-refractivity contribution in [3.05, 3.63) is 95.1 Å². The zero-order valence-corrected chi connectivity index (χ0v) is 22.6. The molecule has 1 unspecified atom stereocenters. The van der Waals surface area contributed by atoms with Crippen LogP contribution in [0.2, 0.25) is 0 Å². The summed E-state index contributed by atoms with van der Waals surface area (Å²) in [5.41, 5.74) is 3.40. The number of rotatable bonds is 12. The Morgan fingerprint density at radius 2 is 1.67 bits per heavy atom. The summed E-state index contributed by atoms with van der Waals surface area (Å²) >= 11 is 0. The topological polar surface area (TPSA) is 83.5 Å². The lowest BCUT2D eigenvalue weighted by Crippen LogP contribution is -2.51. The molecule has 0 saturated carbocycles. The highest BCUT2D eigenvalue weighted by atomic mass is 16.5. The molecule has 8 heteroatoms. The molecule has 3 aromatic rings. The molecule has 0 radical (unpaired) electrons. The molecule has 8 nitrogen and oxygen atoms in total. The first-order valence-corrected chi connectivity index (χ1v) is 13.0. The number of carbonyl (C=O) groups excluding carboxylic acids is 2. The van der Waals surface area contributed by atoms with E-state index in [4.69, 9.17) is 23.7 Å². The van der Waals surface area contributed by atoms with Gasteiger partial charge in [-0.25, -0.2) is 4.79 Å². The number of amides is 1. The third-order valence-electron chi connectivity index (χ3n) is 6.62. The van der Waals surface area contributed by atoms with Gasteiger partial charge in [0.2, 0.25) is 0 Å². The van der Waals surface area contributed by atoms with Crippen LogP contribution >= 0.6 is 0 Å². The summed E-state index contributed by atoms with van der Waals surface area (Å²) in [6, 6.07) is 22.0. The lowest BCUT2D eigenvalue weighted by Gasteiger charge is -2.38. The predicted octanol–water partition coefficient (Wildman–Crippen LogP) is 4.49. The van der Waals surface area contributed by atoms with Crippen molar-refractivity contribution in [1.29, 1.82) is 0 Å². The molecule has 206 valence electrons. The Balaban J connectivity index is 1.69. The molecule has 3 aromatic carbocycles. The normalized spacial score (nSPS) is 15.3. The van der Waals surface area contributed by atoms with Crippen LogP contribution in [0.4, 0.5) is 0 Å². The summed E-state index contributed by atoms with van der Waals surface area (Å²) in [7, 11) is 3.16. The van der Waals surface area contributed by atoms with Gasteiger partial charge in [-0.1, -0.05) is 66.7 Å². The minimum Gasteiger partial charge on any atom is -0.493 e. The maximum Gasteiger partial charge on any atom is 0.329 e. The van der Waals surface area contributed by atoms with Gasteiger partial charge in [-0.2, -0.15) is 0 Å². The van der Waals surface area contributed by atoms with Crippen molar-refractivity contribution in [2.45, 2.75) is 38.6 Å². The van der Waals surface area contributed by atoms with Gasteiger partial charge in [0.15, 0.2) is 17.6 Å². The molecule has 1 aliphatic rings. The molecule has 2 atom stereocenters. The van der Waals surface area contributed by atoms with Gasteiger partial charge in [-0.3, -0.25) is 4.79 Å². The number of fused-ring (bicyclic) bond motifs is 1. The van der Waals surface area contributed by atoms with E-state index in [9.17, 15) is 9.59 Å². The standard InChI is InChI=1S/C31H35NO7/c1-4-37-31(34)26-19-25-24(15-16-27(36-3)29(25)39-21-22-11-7-5-8-12-22)20-32(26)30(33)28(38-18-17-35-2)23-13-9-6-10-14-23/h5-16,26,28H,4,17-21H2,1-3H3/t26-,28?/m0/s1. The largest absolute Gasteiger partial charge is 0.493 e. The van der Waals surface area contributed by atoms with Crippen molar-refractivity contribution >= 4 is 11.9 Å². The SMILES string of the molecule is CCOC(=O)[C@@H]1Cc2c(ccc(OC)c2OCc2ccccc2)CN1C(=O)C(OCCOC)c1ccccc1. The van der Waals surface area contributed by atoms with Crippen molar-refractivity contribution in [2.75, 3.05) is 34.0 Å². The van der Waals surface area contributed by atoms with Gasteiger partial charge in [0.25, 0.3) is 5.91 Å². The van der Waals surface area contributed by atoms with Gasteiger partial charge in [0.05, 0.1) is 26.9 Å². The fraction of sp³-hybridized carbons (Fsp3) is 0.355. The molecule has 1 heterocycles. The summed E-state index contributed by atoms with van der Waals surface area (Å²) in [6.07, 6.45) is -0.673. The molecule has 1 aliphatic heterocycles. The summed E-state index contributed by atoms with van der Waals surface area (Å²) in [5.74, 6) is 0.342. The number of carbonyl (C=O) groups is 2. The second-order valence-corrected chi connectivity index (χ2v) is 9.10. The average molecular weight is 534 g/mol. The van der Waals surface area contributed by atoms with Crippen molar-refractivity contribution in [1.82, 2.24) is 4.90 Å². The van der Waals surface area contributed by atoms with Crippen LogP contribution in [0, 0.1) is 0 Å². The molecule has 0 N–H and O–H groups in total. The first kappa shape index (κ1) is 28.1. The molecule has 0 spiro atoms. The Labute approximate surface area is 229 Å². The van der Waals surface area contributed by atoms with E-state index in [1.807, 2.05) is 72.8 Å². The third-order valence-corrected chi connectivity index (χ3v) is 6.62. The summed E-state index contributed by atoms with van der Waals surface area (Å²) in [6.45, 7) is 3.04. The highest BCUT2D eigenvalue weighted by molar-refractivity contribution is 5.89. The number of benzene rings is 3. The molecule has 1 amide bonds. The van der Waals surface area contributed by atoms with Crippen LogP contribution in [0.25, 0.3) is 0 Å². The molecular formula is C31H35NO7. The lowest BCUT2D eigenvalue weighted by molar-refractivity contribution is -0.161. The van der Waals surface area contributed by atoms with Crippen LogP contribution in [0.1, 0.15) is 35.3 Å². The smallest absolute Gasteiger partial charge is 0.329 e. The molecule has 0 saturated heterocycles. The summed E-state index contributed by atoms with van der Waals surface area (Å²) < 4.78 is 28.4.